The van der Waals surface area contributed by atoms with Crippen LogP contribution in [0, 0.1) is 5.92 Å². The van der Waals surface area contributed by atoms with Crippen molar-refractivity contribution in [3.05, 3.63) is 23.8 Å². The van der Waals surface area contributed by atoms with Gasteiger partial charge in [0.25, 0.3) is 5.91 Å². The Labute approximate surface area is 119 Å². The minimum atomic E-state index is 0.119. The molecule has 2 atom stereocenters. The number of benzene rings is 1. The number of hydrogen-bond donors (Lipinski definition) is 1. The summed E-state index contributed by atoms with van der Waals surface area (Å²) in [7, 11) is 1.58. The molecule has 0 bridgehead atoms. The highest BCUT2D eigenvalue weighted by Crippen LogP contribution is 2.37. The molecule has 1 aliphatic heterocycles. The Kier molecular flexibility index (Phi) is 3.55. The highest BCUT2D eigenvalue weighted by molar-refractivity contribution is 5.96. The number of hydrogen-bond acceptors (Lipinski definition) is 3. The summed E-state index contributed by atoms with van der Waals surface area (Å²) in [4.78, 5) is 14.7. The van der Waals surface area contributed by atoms with Crippen molar-refractivity contribution in [3.63, 3.8) is 0 Å². The molecule has 108 valence electrons. The van der Waals surface area contributed by atoms with Crippen molar-refractivity contribution in [3.8, 4) is 5.75 Å². The molecule has 20 heavy (non-hydrogen) atoms. The number of ether oxygens (including phenoxy) is 1. The first-order valence-corrected chi connectivity index (χ1v) is 7.45. The number of nitrogens with two attached hydrogens (primary N) is 1. The molecule has 2 unspecified atom stereocenters. The topological polar surface area (TPSA) is 55.6 Å². The fourth-order valence-corrected chi connectivity index (χ4v) is 3.69. The highest BCUT2D eigenvalue weighted by Gasteiger charge is 2.38. The van der Waals surface area contributed by atoms with Gasteiger partial charge >= 0.3 is 0 Å². The van der Waals surface area contributed by atoms with Crippen LogP contribution in [0.3, 0.4) is 0 Å². The molecule has 2 fully saturated rings. The van der Waals surface area contributed by atoms with Gasteiger partial charge in [-0.2, -0.15) is 0 Å². The number of carbonyl (C=O) groups excluding carboxylic acids is 1. The number of likely N-dealkylation sites (tertiary alicyclic amines) is 1. The second-order valence-corrected chi connectivity index (χ2v) is 5.86. The number of nitrogens with zero attached hydrogens (tertiary/aromatic N) is 1. The fourth-order valence-electron chi connectivity index (χ4n) is 3.69. The first kappa shape index (κ1) is 13.3. The van der Waals surface area contributed by atoms with Crippen LogP contribution in [0.1, 0.15) is 42.5 Å². The van der Waals surface area contributed by atoms with Crippen molar-refractivity contribution in [1.29, 1.82) is 0 Å². The van der Waals surface area contributed by atoms with Gasteiger partial charge in [0.1, 0.15) is 5.75 Å². The van der Waals surface area contributed by atoms with Gasteiger partial charge in [0.2, 0.25) is 0 Å². The maximum absolute atomic E-state index is 12.7. The molecule has 3 rings (SSSR count). The highest BCUT2D eigenvalue weighted by atomic mass is 16.5. The molecule has 0 aromatic heterocycles. The quantitative estimate of drug-likeness (QED) is 0.844. The summed E-state index contributed by atoms with van der Waals surface area (Å²) in [5, 5.41) is 0. The van der Waals surface area contributed by atoms with Crippen molar-refractivity contribution in [2.75, 3.05) is 19.4 Å². The SMILES string of the molecule is COc1ccc(C(=O)N2CCC3CCCCC32)cc1N. The van der Waals surface area contributed by atoms with E-state index in [4.69, 9.17) is 10.5 Å². The number of anilines is 1. The van der Waals surface area contributed by atoms with E-state index in [9.17, 15) is 4.79 Å². The van der Waals surface area contributed by atoms with Gasteiger partial charge < -0.3 is 15.4 Å². The minimum absolute atomic E-state index is 0.119. The molecular formula is C16H22N2O2. The number of amides is 1. The minimum Gasteiger partial charge on any atom is -0.495 e. The van der Waals surface area contributed by atoms with Gasteiger partial charge in [-0.1, -0.05) is 12.8 Å². The zero-order valence-electron chi connectivity index (χ0n) is 12.0. The molecular weight excluding hydrogens is 252 g/mol. The Morgan fingerprint density at radius 3 is 2.85 bits per heavy atom. The molecule has 2 N–H and O–H groups in total. The van der Waals surface area contributed by atoms with Crippen LogP contribution in [-0.4, -0.2) is 30.5 Å². The molecule has 1 amide bonds. The summed E-state index contributed by atoms with van der Waals surface area (Å²) >= 11 is 0. The summed E-state index contributed by atoms with van der Waals surface area (Å²) in [5.74, 6) is 1.45. The predicted octanol–water partition coefficient (Wildman–Crippen LogP) is 2.68. The van der Waals surface area contributed by atoms with Crippen LogP contribution in [-0.2, 0) is 0 Å². The molecule has 0 spiro atoms. The first-order valence-electron chi connectivity index (χ1n) is 7.45. The predicted molar refractivity (Wildman–Crippen MR) is 78.8 cm³/mol. The van der Waals surface area contributed by atoms with E-state index < -0.39 is 0 Å². The van der Waals surface area contributed by atoms with Crippen molar-refractivity contribution in [1.82, 2.24) is 4.90 Å². The summed E-state index contributed by atoms with van der Waals surface area (Å²) < 4.78 is 5.14. The fraction of sp³-hybridized carbons (Fsp3) is 0.562. The first-order chi connectivity index (χ1) is 9.70. The van der Waals surface area contributed by atoms with Crippen LogP contribution in [0.15, 0.2) is 18.2 Å². The lowest BCUT2D eigenvalue weighted by molar-refractivity contribution is 0.0690. The average molecular weight is 274 g/mol. The number of nitrogen functional groups attached to an aromatic ring is 1. The number of rotatable bonds is 2. The van der Waals surface area contributed by atoms with Gasteiger partial charge in [-0.25, -0.2) is 0 Å². The second kappa shape index (κ2) is 5.35. The van der Waals surface area contributed by atoms with E-state index in [2.05, 4.69) is 4.90 Å². The van der Waals surface area contributed by atoms with E-state index in [1.54, 1.807) is 19.2 Å². The Balaban J connectivity index is 1.80. The van der Waals surface area contributed by atoms with E-state index in [-0.39, 0.29) is 5.91 Å². The van der Waals surface area contributed by atoms with Crippen molar-refractivity contribution < 1.29 is 9.53 Å². The smallest absolute Gasteiger partial charge is 0.254 e. The molecule has 1 aliphatic carbocycles. The largest absolute Gasteiger partial charge is 0.495 e. The summed E-state index contributed by atoms with van der Waals surface area (Å²) in [6.07, 6.45) is 6.15. The van der Waals surface area contributed by atoms with Gasteiger partial charge in [0.15, 0.2) is 0 Å². The van der Waals surface area contributed by atoms with Crippen molar-refractivity contribution in [2.45, 2.75) is 38.1 Å². The third kappa shape index (κ3) is 2.23. The van der Waals surface area contributed by atoms with Crippen LogP contribution in [0.5, 0.6) is 5.75 Å². The Morgan fingerprint density at radius 1 is 1.30 bits per heavy atom. The van der Waals surface area contributed by atoms with Crippen molar-refractivity contribution in [2.24, 2.45) is 5.92 Å². The van der Waals surface area contributed by atoms with Gasteiger partial charge in [0, 0.05) is 18.2 Å². The van der Waals surface area contributed by atoms with Crippen LogP contribution in [0.2, 0.25) is 0 Å². The number of fused-ring (bicyclic) bond motifs is 1. The average Bonchev–Trinajstić information content (AvgIpc) is 2.90. The zero-order valence-corrected chi connectivity index (χ0v) is 12.0. The maximum Gasteiger partial charge on any atom is 0.254 e. The number of carbonyl (C=O) groups is 1. The van der Waals surface area contributed by atoms with E-state index in [0.717, 1.165) is 19.4 Å². The summed E-state index contributed by atoms with van der Waals surface area (Å²) in [6, 6.07) is 5.77. The Morgan fingerprint density at radius 2 is 2.10 bits per heavy atom. The standard InChI is InChI=1S/C16H22N2O2/c1-20-15-7-6-12(10-13(15)17)16(19)18-9-8-11-4-2-3-5-14(11)18/h6-7,10-11,14H,2-5,8-9,17H2,1H3. The van der Waals surface area contributed by atoms with Gasteiger partial charge in [-0.15, -0.1) is 0 Å². The van der Waals surface area contributed by atoms with Crippen molar-refractivity contribution >= 4 is 11.6 Å². The Hall–Kier alpha value is -1.71. The Bertz CT molecular complexity index is 515. The normalized spacial score (nSPS) is 25.4. The summed E-state index contributed by atoms with van der Waals surface area (Å²) in [6.45, 7) is 0.889. The lowest BCUT2D eigenvalue weighted by Gasteiger charge is -2.31. The molecule has 1 heterocycles. The third-order valence-corrected chi connectivity index (χ3v) is 4.75. The van der Waals surface area contributed by atoms with E-state index in [1.807, 2.05) is 6.07 Å². The molecule has 1 aromatic carbocycles. The van der Waals surface area contributed by atoms with E-state index in [1.165, 1.54) is 19.3 Å². The van der Waals surface area contributed by atoms with Crippen LogP contribution < -0.4 is 10.5 Å². The molecule has 4 heteroatoms. The molecule has 4 nitrogen and oxygen atoms in total. The van der Waals surface area contributed by atoms with Crippen LogP contribution in [0.4, 0.5) is 5.69 Å². The van der Waals surface area contributed by atoms with E-state index in [0.29, 0.717) is 29.0 Å². The second-order valence-electron chi connectivity index (χ2n) is 5.86. The van der Waals surface area contributed by atoms with Gasteiger partial charge in [-0.3, -0.25) is 4.79 Å². The molecule has 1 aromatic rings. The van der Waals surface area contributed by atoms with Gasteiger partial charge in [-0.05, 0) is 43.4 Å². The summed E-state index contributed by atoms with van der Waals surface area (Å²) in [5.41, 5.74) is 7.11. The van der Waals surface area contributed by atoms with Crippen LogP contribution >= 0.6 is 0 Å². The molecule has 1 saturated heterocycles. The molecule has 1 saturated carbocycles. The lowest BCUT2D eigenvalue weighted by atomic mass is 9.85. The van der Waals surface area contributed by atoms with Crippen LogP contribution in [0.25, 0.3) is 0 Å². The lowest BCUT2D eigenvalue weighted by Crippen LogP contribution is -2.39. The molecule has 0 radical (unpaired) electrons. The zero-order chi connectivity index (χ0) is 14.1. The van der Waals surface area contributed by atoms with Gasteiger partial charge in [0.05, 0.1) is 12.8 Å². The monoisotopic (exact) mass is 274 g/mol. The molecule has 2 aliphatic rings. The van der Waals surface area contributed by atoms with E-state index >= 15 is 0 Å². The maximum atomic E-state index is 12.7. The third-order valence-electron chi connectivity index (χ3n) is 4.75. The number of methoxy groups -OCH3 is 1.